The van der Waals surface area contributed by atoms with Gasteiger partial charge in [0.1, 0.15) is 17.6 Å². The molecule has 1 heterocycles. The van der Waals surface area contributed by atoms with Gasteiger partial charge in [-0.25, -0.2) is 0 Å². The molecule has 3 rings (SSSR count). The van der Waals surface area contributed by atoms with E-state index >= 15 is 4.79 Å². The number of ether oxygens (including phenoxy) is 2. The summed E-state index contributed by atoms with van der Waals surface area (Å²) in [5.74, 6) is -2.76. The van der Waals surface area contributed by atoms with Crippen molar-refractivity contribution in [3.63, 3.8) is 0 Å². The number of hydrogen-bond acceptors (Lipinski definition) is 6. The van der Waals surface area contributed by atoms with E-state index in [1.165, 1.54) is 7.11 Å². The maximum Gasteiger partial charge on any atom is 0.306 e. The highest BCUT2D eigenvalue weighted by Gasteiger charge is 2.56. The summed E-state index contributed by atoms with van der Waals surface area (Å²) in [4.78, 5) is 41.8. The SMILES string of the molecule is C=C(C)C(CC=C(C)C)CC1(CC=C(C)C)C(=O)C(C(CC(=O)OC)c2ccccc2)=C(O)C2=C1OC(C)C(C)C2=O. The summed E-state index contributed by atoms with van der Waals surface area (Å²) >= 11 is 0. The lowest BCUT2D eigenvalue weighted by molar-refractivity contribution is -0.140. The van der Waals surface area contributed by atoms with Gasteiger partial charge in [-0.15, -0.1) is 0 Å². The van der Waals surface area contributed by atoms with Gasteiger partial charge < -0.3 is 14.6 Å². The van der Waals surface area contributed by atoms with Gasteiger partial charge >= 0.3 is 5.97 Å². The lowest BCUT2D eigenvalue weighted by Gasteiger charge is -2.45. The minimum Gasteiger partial charge on any atom is -0.507 e. The summed E-state index contributed by atoms with van der Waals surface area (Å²) in [5, 5.41) is 11.9. The molecule has 0 spiro atoms. The van der Waals surface area contributed by atoms with Crippen molar-refractivity contribution in [2.45, 2.75) is 86.2 Å². The number of aliphatic hydroxyl groups excluding tert-OH is 1. The predicted octanol–water partition coefficient (Wildman–Crippen LogP) is 7.89. The number of esters is 1. The van der Waals surface area contributed by atoms with Gasteiger partial charge in [-0.1, -0.05) is 72.7 Å². The minimum atomic E-state index is -1.29. The number of carbonyl (C=O) groups is 3. The maximum absolute atomic E-state index is 15.1. The lowest BCUT2D eigenvalue weighted by Crippen LogP contribution is -2.48. The van der Waals surface area contributed by atoms with Crippen LogP contribution in [0, 0.1) is 17.3 Å². The van der Waals surface area contributed by atoms with Crippen LogP contribution in [0.15, 0.2) is 88.4 Å². The molecule has 1 aliphatic heterocycles. The van der Waals surface area contributed by atoms with E-state index in [1.54, 1.807) is 6.92 Å². The van der Waals surface area contributed by atoms with Crippen LogP contribution >= 0.6 is 0 Å². The fraction of sp³-hybridized carbons (Fsp3) is 0.472. The lowest BCUT2D eigenvalue weighted by atomic mass is 9.61. The molecule has 6 nitrogen and oxygen atoms in total. The van der Waals surface area contributed by atoms with Gasteiger partial charge in [0, 0.05) is 11.5 Å². The zero-order valence-corrected chi connectivity index (χ0v) is 26.4. The first-order valence-electron chi connectivity index (χ1n) is 14.7. The molecule has 1 aliphatic carbocycles. The molecule has 2 aliphatic rings. The zero-order valence-electron chi connectivity index (χ0n) is 26.4. The summed E-state index contributed by atoms with van der Waals surface area (Å²) in [6.45, 7) is 17.8. The van der Waals surface area contributed by atoms with Gasteiger partial charge in [-0.05, 0) is 72.3 Å². The van der Waals surface area contributed by atoms with Gasteiger partial charge in [0.25, 0.3) is 0 Å². The largest absolute Gasteiger partial charge is 0.507 e. The molecule has 0 saturated carbocycles. The number of Topliss-reactive ketones (excluding diaryl/α,β-unsaturated/α-hetero) is 2. The first-order chi connectivity index (χ1) is 19.7. The molecule has 42 heavy (non-hydrogen) atoms. The molecule has 0 bridgehead atoms. The molecule has 0 aromatic heterocycles. The Morgan fingerprint density at radius 3 is 2.24 bits per heavy atom. The highest BCUT2D eigenvalue weighted by atomic mass is 16.5. The number of benzene rings is 1. The Labute approximate surface area is 250 Å². The molecule has 0 saturated heterocycles. The number of ketones is 2. The van der Waals surface area contributed by atoms with Gasteiger partial charge in [0.05, 0.1) is 30.4 Å². The van der Waals surface area contributed by atoms with Gasteiger partial charge in [0.2, 0.25) is 0 Å². The highest BCUT2D eigenvalue weighted by molar-refractivity contribution is 6.13. The third-order valence-electron chi connectivity index (χ3n) is 8.61. The second kappa shape index (κ2) is 13.5. The van der Waals surface area contributed by atoms with Crippen LogP contribution in [-0.4, -0.2) is 35.9 Å². The normalized spacial score (nSPS) is 23.4. The van der Waals surface area contributed by atoms with Crippen molar-refractivity contribution >= 4 is 17.5 Å². The van der Waals surface area contributed by atoms with Crippen molar-refractivity contribution in [1.82, 2.24) is 0 Å². The number of methoxy groups -OCH3 is 1. The first kappa shape index (κ1) is 32.8. The zero-order chi connectivity index (χ0) is 31.4. The highest BCUT2D eigenvalue weighted by Crippen LogP contribution is 2.54. The van der Waals surface area contributed by atoms with Gasteiger partial charge in [-0.2, -0.15) is 0 Å². The molecule has 5 unspecified atom stereocenters. The molecule has 6 heteroatoms. The van der Waals surface area contributed by atoms with Crippen LogP contribution in [0.1, 0.15) is 85.6 Å². The fourth-order valence-electron chi connectivity index (χ4n) is 5.81. The Bertz CT molecular complexity index is 1350. The van der Waals surface area contributed by atoms with E-state index in [2.05, 4.69) is 12.7 Å². The Morgan fingerprint density at radius 1 is 1.07 bits per heavy atom. The standard InChI is InChI=1S/C36H46O6/c1-21(2)15-16-27(23(5)6)20-36(18-17-22(3)4)34(40)30(28(19-29(37)41-9)26-13-11-10-12-14-26)33(39)31-32(38)24(7)25(8)42-35(31)36/h10-15,17,24-25,27-28,39H,5,16,18-20H2,1-4,6-9H3. The number of rotatable bonds is 11. The van der Waals surface area contributed by atoms with Crippen LogP contribution in [0.25, 0.3) is 0 Å². The van der Waals surface area contributed by atoms with Crippen LogP contribution in [0.2, 0.25) is 0 Å². The van der Waals surface area contributed by atoms with E-state index in [0.717, 1.165) is 16.7 Å². The second-order valence-electron chi connectivity index (χ2n) is 12.3. The Hall–Kier alpha value is -3.67. The average Bonchev–Trinajstić information content (AvgIpc) is 2.94. The monoisotopic (exact) mass is 574 g/mol. The molecule has 1 aromatic carbocycles. The van der Waals surface area contributed by atoms with Gasteiger partial charge in [0.15, 0.2) is 11.6 Å². The van der Waals surface area contributed by atoms with E-state index in [0.29, 0.717) is 18.4 Å². The van der Waals surface area contributed by atoms with Crippen molar-refractivity contribution in [2.75, 3.05) is 7.11 Å². The smallest absolute Gasteiger partial charge is 0.306 e. The maximum atomic E-state index is 15.1. The van der Waals surface area contributed by atoms with Crippen LogP contribution in [0.3, 0.4) is 0 Å². The molecule has 5 atom stereocenters. The topological polar surface area (TPSA) is 89.9 Å². The predicted molar refractivity (Wildman–Crippen MR) is 166 cm³/mol. The first-order valence-corrected chi connectivity index (χ1v) is 14.7. The molecule has 226 valence electrons. The van der Waals surface area contributed by atoms with Crippen molar-refractivity contribution in [1.29, 1.82) is 0 Å². The summed E-state index contributed by atoms with van der Waals surface area (Å²) in [5.41, 5.74) is 2.56. The molecular weight excluding hydrogens is 528 g/mol. The average molecular weight is 575 g/mol. The van der Waals surface area contributed by atoms with Crippen molar-refractivity contribution in [3.8, 4) is 0 Å². The molecular formula is C36H46O6. The number of allylic oxidation sites excluding steroid dienone is 8. The van der Waals surface area contributed by atoms with E-state index < -0.39 is 35.1 Å². The van der Waals surface area contributed by atoms with Crippen LogP contribution in [-0.2, 0) is 23.9 Å². The number of hydrogen-bond donors (Lipinski definition) is 1. The molecule has 0 radical (unpaired) electrons. The summed E-state index contributed by atoms with van der Waals surface area (Å²) in [6, 6.07) is 9.12. The Morgan fingerprint density at radius 2 is 1.69 bits per heavy atom. The van der Waals surface area contributed by atoms with Crippen molar-refractivity contribution < 1.29 is 29.0 Å². The molecule has 1 N–H and O–H groups in total. The number of aliphatic hydroxyl groups is 1. The van der Waals surface area contributed by atoms with E-state index in [-0.39, 0.29) is 47.2 Å². The third-order valence-corrected chi connectivity index (χ3v) is 8.61. The molecule has 0 fully saturated rings. The van der Waals surface area contributed by atoms with Crippen LogP contribution in [0.4, 0.5) is 0 Å². The molecule has 0 amide bonds. The second-order valence-corrected chi connectivity index (χ2v) is 12.3. The number of carbonyl (C=O) groups excluding carboxylic acids is 3. The fourth-order valence-corrected chi connectivity index (χ4v) is 5.81. The third kappa shape index (κ3) is 6.69. The summed E-state index contributed by atoms with van der Waals surface area (Å²) < 4.78 is 11.5. The van der Waals surface area contributed by atoms with Crippen molar-refractivity contribution in [3.05, 3.63) is 94.0 Å². The Balaban J connectivity index is 2.41. The van der Waals surface area contributed by atoms with Gasteiger partial charge in [-0.3, -0.25) is 14.4 Å². The summed E-state index contributed by atoms with van der Waals surface area (Å²) in [7, 11) is 1.29. The summed E-state index contributed by atoms with van der Waals surface area (Å²) in [6.07, 6.45) is 4.74. The molecule has 1 aromatic rings. The minimum absolute atomic E-state index is 0.0471. The van der Waals surface area contributed by atoms with E-state index in [1.807, 2.05) is 78.0 Å². The van der Waals surface area contributed by atoms with E-state index in [9.17, 15) is 14.7 Å². The van der Waals surface area contributed by atoms with Crippen LogP contribution < -0.4 is 0 Å². The Kier molecular flexibility index (Phi) is 10.6. The van der Waals surface area contributed by atoms with E-state index in [4.69, 9.17) is 9.47 Å². The quantitative estimate of drug-likeness (QED) is 0.214. The van der Waals surface area contributed by atoms with Crippen LogP contribution in [0.5, 0.6) is 0 Å². The van der Waals surface area contributed by atoms with Crippen molar-refractivity contribution in [2.24, 2.45) is 17.3 Å².